The second-order valence-corrected chi connectivity index (χ2v) is 15.3. The van der Waals surface area contributed by atoms with Crippen LogP contribution in [0.2, 0.25) is 5.04 Å². The summed E-state index contributed by atoms with van der Waals surface area (Å²) < 4.78 is 26.8. The van der Waals surface area contributed by atoms with Crippen LogP contribution in [0.15, 0.2) is 60.7 Å². The SMILES string of the molecule is CC[C@H]1C[C@@]12O[C@@H]1OC(C)(C)O[C@H]1C2O[Si](c1ccccc1)(c1ccccc1)C(C)(C)C. The van der Waals surface area contributed by atoms with E-state index >= 15 is 0 Å². The van der Waals surface area contributed by atoms with E-state index in [1.807, 2.05) is 13.8 Å². The van der Waals surface area contributed by atoms with Crippen molar-refractivity contribution in [2.75, 3.05) is 0 Å². The fourth-order valence-electron chi connectivity index (χ4n) is 5.97. The minimum atomic E-state index is -2.73. The van der Waals surface area contributed by atoms with Gasteiger partial charge in [0.1, 0.15) is 17.8 Å². The molecule has 2 aromatic rings. The first-order chi connectivity index (χ1) is 15.1. The molecule has 5 atom stereocenters. The third-order valence-electron chi connectivity index (χ3n) is 7.51. The highest BCUT2D eigenvalue weighted by atomic mass is 28.4. The number of fused-ring (bicyclic) bond motifs is 1. The maximum absolute atomic E-state index is 7.56. The fourth-order valence-corrected chi connectivity index (χ4v) is 10.7. The Labute approximate surface area is 193 Å². The van der Waals surface area contributed by atoms with Crippen molar-refractivity contribution >= 4 is 18.7 Å². The Morgan fingerprint density at radius 2 is 1.47 bits per heavy atom. The zero-order valence-electron chi connectivity index (χ0n) is 20.1. The Kier molecular flexibility index (Phi) is 5.23. The number of hydrogen-bond donors (Lipinski definition) is 0. The van der Waals surface area contributed by atoms with Gasteiger partial charge in [0.2, 0.25) is 0 Å². The molecule has 2 aliphatic heterocycles. The van der Waals surface area contributed by atoms with Crippen molar-refractivity contribution in [3.8, 4) is 0 Å². The van der Waals surface area contributed by atoms with Crippen molar-refractivity contribution in [1.29, 1.82) is 0 Å². The van der Waals surface area contributed by atoms with E-state index in [4.69, 9.17) is 18.6 Å². The molecule has 1 unspecified atom stereocenters. The van der Waals surface area contributed by atoms with Gasteiger partial charge in [-0.05, 0) is 41.6 Å². The average Bonchev–Trinajstić information content (AvgIpc) is 3.28. The van der Waals surface area contributed by atoms with Crippen molar-refractivity contribution in [3.05, 3.63) is 60.7 Å². The molecule has 0 amide bonds. The maximum Gasteiger partial charge on any atom is 0.261 e. The van der Waals surface area contributed by atoms with Gasteiger partial charge < -0.3 is 18.6 Å². The molecular weight excluding hydrogens is 416 g/mol. The van der Waals surface area contributed by atoms with E-state index in [1.165, 1.54) is 10.4 Å². The number of benzene rings is 2. The van der Waals surface area contributed by atoms with Crippen molar-refractivity contribution in [3.63, 3.8) is 0 Å². The van der Waals surface area contributed by atoms with Crippen molar-refractivity contribution in [2.24, 2.45) is 5.92 Å². The zero-order chi connectivity index (χ0) is 22.8. The van der Waals surface area contributed by atoms with Gasteiger partial charge in [-0.3, -0.25) is 0 Å². The van der Waals surface area contributed by atoms with E-state index in [2.05, 4.69) is 88.4 Å². The first-order valence-electron chi connectivity index (χ1n) is 12.0. The molecule has 1 spiro atoms. The Bertz CT molecular complexity index is 915. The Balaban J connectivity index is 1.66. The maximum atomic E-state index is 7.56. The van der Waals surface area contributed by atoms with Crippen molar-refractivity contribution in [1.82, 2.24) is 0 Å². The largest absolute Gasteiger partial charge is 0.399 e. The molecule has 2 aromatic carbocycles. The lowest BCUT2D eigenvalue weighted by Crippen LogP contribution is -2.69. The molecule has 0 radical (unpaired) electrons. The van der Waals surface area contributed by atoms with Crippen LogP contribution >= 0.6 is 0 Å². The predicted molar refractivity (Wildman–Crippen MR) is 129 cm³/mol. The minimum Gasteiger partial charge on any atom is -0.399 e. The van der Waals surface area contributed by atoms with E-state index < -0.39 is 14.1 Å². The van der Waals surface area contributed by atoms with Crippen LogP contribution in [0.1, 0.15) is 54.4 Å². The molecular formula is C27H36O4Si. The topological polar surface area (TPSA) is 36.9 Å². The minimum absolute atomic E-state index is 0.0967. The monoisotopic (exact) mass is 452 g/mol. The van der Waals surface area contributed by atoms with Gasteiger partial charge in [-0.2, -0.15) is 0 Å². The van der Waals surface area contributed by atoms with Crippen LogP contribution in [0, 0.1) is 5.92 Å². The number of rotatable bonds is 5. The van der Waals surface area contributed by atoms with Crippen LogP contribution < -0.4 is 10.4 Å². The van der Waals surface area contributed by atoms with Gasteiger partial charge >= 0.3 is 0 Å². The highest BCUT2D eigenvalue weighted by Gasteiger charge is 2.73. The van der Waals surface area contributed by atoms with Crippen LogP contribution in [-0.4, -0.2) is 38.2 Å². The van der Waals surface area contributed by atoms with Crippen LogP contribution in [0.5, 0.6) is 0 Å². The standard InChI is InChI=1S/C27H36O4Si/c1-7-19-18-27(19)23(22-24(30-27)29-26(5,6)28-22)31-32(25(2,3)4,20-14-10-8-11-15-20)21-16-12-9-13-17-21/h8-17,19,22-24H,7,18H2,1-6H3/t19-,22-,23?,24-,27+/m0/s1. The average molecular weight is 453 g/mol. The normalized spacial score (nSPS) is 33.4. The van der Waals surface area contributed by atoms with Gasteiger partial charge in [-0.15, -0.1) is 0 Å². The summed E-state index contributed by atoms with van der Waals surface area (Å²) in [6.07, 6.45) is 1.33. The Hall–Kier alpha value is -1.50. The van der Waals surface area contributed by atoms with Crippen molar-refractivity contribution < 1.29 is 18.6 Å². The Morgan fingerprint density at radius 1 is 0.906 bits per heavy atom. The highest BCUT2D eigenvalue weighted by Crippen LogP contribution is 2.61. The predicted octanol–water partition coefficient (Wildman–Crippen LogP) is 4.61. The molecule has 3 fully saturated rings. The van der Waals surface area contributed by atoms with Crippen LogP contribution in [0.3, 0.4) is 0 Å². The molecule has 2 heterocycles. The number of hydrogen-bond acceptors (Lipinski definition) is 4. The summed E-state index contributed by atoms with van der Waals surface area (Å²) in [5, 5.41) is 2.47. The van der Waals surface area contributed by atoms with Crippen LogP contribution in [0.25, 0.3) is 0 Å². The summed E-state index contributed by atoms with van der Waals surface area (Å²) in [5.74, 6) is -0.188. The van der Waals surface area contributed by atoms with Gasteiger partial charge in [0.25, 0.3) is 8.32 Å². The summed E-state index contributed by atoms with van der Waals surface area (Å²) >= 11 is 0. The molecule has 5 heteroatoms. The molecule has 0 N–H and O–H groups in total. The third kappa shape index (κ3) is 3.33. The Morgan fingerprint density at radius 3 is 1.94 bits per heavy atom. The molecule has 5 rings (SSSR count). The number of ether oxygens (including phenoxy) is 3. The molecule has 1 saturated carbocycles. The fraction of sp³-hybridized carbons (Fsp3) is 0.556. The molecule has 172 valence electrons. The van der Waals surface area contributed by atoms with E-state index in [0.29, 0.717) is 5.92 Å². The zero-order valence-corrected chi connectivity index (χ0v) is 21.1. The summed E-state index contributed by atoms with van der Waals surface area (Å²) in [5.41, 5.74) is -0.312. The summed E-state index contributed by atoms with van der Waals surface area (Å²) in [6.45, 7) is 13.1. The van der Waals surface area contributed by atoms with E-state index in [9.17, 15) is 0 Å². The van der Waals surface area contributed by atoms with Crippen LogP contribution in [0.4, 0.5) is 0 Å². The molecule has 0 aromatic heterocycles. The second-order valence-electron chi connectivity index (χ2n) is 11.1. The summed E-state index contributed by atoms with van der Waals surface area (Å²) in [6, 6.07) is 21.6. The quantitative estimate of drug-likeness (QED) is 0.621. The van der Waals surface area contributed by atoms with Gasteiger partial charge in [0, 0.05) is 0 Å². The highest BCUT2D eigenvalue weighted by molar-refractivity contribution is 6.99. The third-order valence-corrected chi connectivity index (χ3v) is 12.5. The van der Waals surface area contributed by atoms with E-state index in [-0.39, 0.29) is 29.1 Å². The molecule has 3 aliphatic rings. The molecule has 4 nitrogen and oxygen atoms in total. The van der Waals surface area contributed by atoms with E-state index in [1.54, 1.807) is 0 Å². The molecule has 0 bridgehead atoms. The molecule has 2 saturated heterocycles. The van der Waals surface area contributed by atoms with Gasteiger partial charge in [0.15, 0.2) is 12.1 Å². The van der Waals surface area contributed by atoms with Crippen molar-refractivity contribution in [2.45, 2.75) is 89.3 Å². The molecule has 1 aliphatic carbocycles. The summed E-state index contributed by atoms with van der Waals surface area (Å²) in [7, 11) is -2.73. The lowest BCUT2D eigenvalue weighted by Gasteiger charge is -2.46. The lowest BCUT2D eigenvalue weighted by molar-refractivity contribution is -0.221. The van der Waals surface area contributed by atoms with Gasteiger partial charge in [0.05, 0.1) is 0 Å². The van der Waals surface area contributed by atoms with Crippen LogP contribution in [-0.2, 0) is 18.6 Å². The van der Waals surface area contributed by atoms with Gasteiger partial charge in [-0.1, -0.05) is 94.8 Å². The first kappa shape index (κ1) is 22.3. The summed E-state index contributed by atoms with van der Waals surface area (Å²) in [4.78, 5) is 0. The second kappa shape index (κ2) is 7.50. The lowest BCUT2D eigenvalue weighted by atomic mass is 10.1. The smallest absolute Gasteiger partial charge is 0.261 e. The van der Waals surface area contributed by atoms with E-state index in [0.717, 1.165) is 12.8 Å². The van der Waals surface area contributed by atoms with Gasteiger partial charge in [-0.25, -0.2) is 0 Å². The molecule has 32 heavy (non-hydrogen) atoms. The first-order valence-corrected chi connectivity index (χ1v) is 13.9.